The Morgan fingerprint density at radius 3 is 2.58 bits per heavy atom. The number of nitrogens with zero attached hydrogens (tertiary/aromatic N) is 6. The van der Waals surface area contributed by atoms with Crippen molar-refractivity contribution in [3.8, 4) is 16.8 Å². The van der Waals surface area contributed by atoms with Gasteiger partial charge in [-0.2, -0.15) is 5.10 Å². The van der Waals surface area contributed by atoms with Gasteiger partial charge >= 0.3 is 5.69 Å². The number of halogens is 1. The van der Waals surface area contributed by atoms with Crippen molar-refractivity contribution in [2.24, 2.45) is 14.1 Å². The fourth-order valence-corrected chi connectivity index (χ4v) is 4.17. The number of imidazole rings is 1. The summed E-state index contributed by atoms with van der Waals surface area (Å²) >= 11 is 6.25. The van der Waals surface area contributed by atoms with Crippen LogP contribution in [0.3, 0.4) is 0 Å². The number of aliphatic hydroxyl groups is 1. The normalized spacial score (nSPS) is 11.6. The van der Waals surface area contributed by atoms with Crippen LogP contribution in [-0.2, 0) is 20.7 Å². The van der Waals surface area contributed by atoms with E-state index in [1.807, 2.05) is 38.4 Å². The minimum Gasteiger partial charge on any atom is -0.390 e. The second-order valence-electron chi connectivity index (χ2n) is 7.49. The number of pyridine rings is 2. The first-order chi connectivity index (χ1) is 14.9. The molecule has 0 aliphatic carbocycles. The molecule has 0 saturated heterocycles. The number of aromatic nitrogens is 6. The molecule has 31 heavy (non-hydrogen) atoms. The Hall–Kier alpha value is -3.49. The highest BCUT2D eigenvalue weighted by Gasteiger charge is 2.19. The van der Waals surface area contributed by atoms with Crippen LogP contribution in [-0.4, -0.2) is 34.0 Å². The summed E-state index contributed by atoms with van der Waals surface area (Å²) in [6.45, 7) is 1.66. The zero-order valence-electron chi connectivity index (χ0n) is 17.2. The smallest absolute Gasteiger partial charge is 0.333 e. The molecule has 5 rings (SSSR count). The van der Waals surface area contributed by atoms with Gasteiger partial charge < -0.3 is 5.11 Å². The maximum atomic E-state index is 13.2. The first-order valence-corrected chi connectivity index (χ1v) is 10.0. The van der Waals surface area contributed by atoms with E-state index in [2.05, 4.69) is 15.1 Å². The Morgan fingerprint density at radius 1 is 1.10 bits per heavy atom. The summed E-state index contributed by atoms with van der Waals surface area (Å²) in [5.74, 6) is 0. The van der Waals surface area contributed by atoms with Crippen LogP contribution in [0.5, 0.6) is 0 Å². The highest BCUT2D eigenvalue weighted by Crippen LogP contribution is 2.31. The molecule has 1 aromatic carbocycles. The topological polar surface area (TPSA) is 90.8 Å². The van der Waals surface area contributed by atoms with Gasteiger partial charge in [0.1, 0.15) is 0 Å². The highest BCUT2D eigenvalue weighted by atomic mass is 35.5. The van der Waals surface area contributed by atoms with E-state index in [9.17, 15) is 9.90 Å². The number of aryl methyl sites for hydroxylation is 3. The van der Waals surface area contributed by atoms with E-state index in [0.717, 1.165) is 44.4 Å². The van der Waals surface area contributed by atoms with Crippen LogP contribution >= 0.6 is 11.6 Å². The summed E-state index contributed by atoms with van der Waals surface area (Å²) < 4.78 is 4.97. The molecule has 0 fully saturated rings. The Bertz CT molecular complexity index is 1550. The van der Waals surface area contributed by atoms with E-state index in [4.69, 9.17) is 11.6 Å². The SMILES string of the molecule is Cc1nn(C)cc1-n1c(=O)n(C)c2cnc3ccc(-c4cnc(CO)c(Cl)c4)cc3c21. The Morgan fingerprint density at radius 2 is 1.90 bits per heavy atom. The van der Waals surface area contributed by atoms with Crippen molar-refractivity contribution in [1.29, 1.82) is 0 Å². The lowest BCUT2D eigenvalue weighted by molar-refractivity contribution is 0.277. The number of aliphatic hydroxyl groups excluding tert-OH is 1. The predicted molar refractivity (Wildman–Crippen MR) is 119 cm³/mol. The molecule has 0 unspecified atom stereocenters. The van der Waals surface area contributed by atoms with E-state index in [-0.39, 0.29) is 12.3 Å². The van der Waals surface area contributed by atoms with Crippen molar-refractivity contribution in [2.45, 2.75) is 13.5 Å². The number of hydrogen-bond acceptors (Lipinski definition) is 5. The van der Waals surface area contributed by atoms with Gasteiger partial charge in [0.15, 0.2) is 0 Å². The van der Waals surface area contributed by atoms with Crippen molar-refractivity contribution >= 4 is 33.5 Å². The fraction of sp³-hybridized carbons (Fsp3) is 0.182. The standard InChI is InChI=1S/C22H19ClN6O2/c1-12-20(10-27(2)26-12)29-21-15-6-13(14-7-16(23)18(11-30)24-8-14)4-5-17(15)25-9-19(21)28(3)22(29)31/h4-10,30H,11H2,1-3H3. The fourth-order valence-electron chi connectivity index (χ4n) is 3.95. The van der Waals surface area contributed by atoms with Crippen LogP contribution in [0.15, 0.2) is 47.7 Å². The Balaban J connectivity index is 1.84. The molecular formula is C22H19ClN6O2. The van der Waals surface area contributed by atoms with Gasteiger partial charge in [-0.3, -0.25) is 23.8 Å². The molecule has 0 spiro atoms. The molecule has 8 nitrogen and oxygen atoms in total. The number of rotatable bonds is 3. The number of benzene rings is 1. The zero-order valence-corrected chi connectivity index (χ0v) is 17.9. The molecule has 4 heterocycles. The summed E-state index contributed by atoms with van der Waals surface area (Å²) in [6.07, 6.45) is 5.23. The van der Waals surface area contributed by atoms with E-state index in [1.165, 1.54) is 0 Å². The van der Waals surface area contributed by atoms with Gasteiger partial charge in [0.25, 0.3) is 0 Å². The van der Waals surface area contributed by atoms with Gasteiger partial charge in [-0.25, -0.2) is 4.79 Å². The van der Waals surface area contributed by atoms with Crippen LogP contribution in [0, 0.1) is 6.92 Å². The van der Waals surface area contributed by atoms with Gasteiger partial charge in [-0.1, -0.05) is 17.7 Å². The molecule has 0 atom stereocenters. The largest absolute Gasteiger partial charge is 0.390 e. The Kier molecular flexibility index (Phi) is 4.42. The van der Waals surface area contributed by atoms with E-state index >= 15 is 0 Å². The molecule has 0 saturated carbocycles. The van der Waals surface area contributed by atoms with Gasteiger partial charge in [-0.05, 0) is 30.7 Å². The molecule has 5 aromatic rings. The molecule has 0 amide bonds. The average Bonchev–Trinajstić information content (AvgIpc) is 3.22. The third kappa shape index (κ3) is 2.95. The lowest BCUT2D eigenvalue weighted by Gasteiger charge is -2.08. The quantitative estimate of drug-likeness (QED) is 0.471. The van der Waals surface area contributed by atoms with Crippen molar-refractivity contribution < 1.29 is 5.11 Å². The van der Waals surface area contributed by atoms with E-state index < -0.39 is 0 Å². The summed E-state index contributed by atoms with van der Waals surface area (Å²) in [5, 5.41) is 15.0. The minimum absolute atomic E-state index is 0.164. The van der Waals surface area contributed by atoms with Gasteiger partial charge in [0.05, 0.1) is 51.5 Å². The second kappa shape index (κ2) is 7.04. The summed E-state index contributed by atoms with van der Waals surface area (Å²) in [6, 6.07) is 7.61. The molecule has 0 radical (unpaired) electrons. The van der Waals surface area contributed by atoms with Crippen LogP contribution in [0.4, 0.5) is 0 Å². The second-order valence-corrected chi connectivity index (χ2v) is 7.89. The highest BCUT2D eigenvalue weighted by molar-refractivity contribution is 6.31. The lowest BCUT2D eigenvalue weighted by atomic mass is 10.0. The number of fused-ring (bicyclic) bond motifs is 3. The Labute approximate surface area is 182 Å². The average molecular weight is 435 g/mol. The van der Waals surface area contributed by atoms with Crippen molar-refractivity contribution in [2.75, 3.05) is 0 Å². The maximum Gasteiger partial charge on any atom is 0.333 e. The maximum absolute atomic E-state index is 13.2. The lowest BCUT2D eigenvalue weighted by Crippen LogP contribution is -2.21. The molecule has 4 aromatic heterocycles. The van der Waals surface area contributed by atoms with Crippen molar-refractivity contribution in [1.82, 2.24) is 28.9 Å². The van der Waals surface area contributed by atoms with Crippen molar-refractivity contribution in [3.63, 3.8) is 0 Å². The van der Waals surface area contributed by atoms with Gasteiger partial charge in [0, 0.05) is 37.4 Å². The van der Waals surface area contributed by atoms with E-state index in [0.29, 0.717) is 10.7 Å². The third-order valence-corrected chi connectivity index (χ3v) is 5.84. The molecule has 1 N–H and O–H groups in total. The van der Waals surface area contributed by atoms with Crippen molar-refractivity contribution in [3.05, 3.63) is 69.8 Å². The first-order valence-electron chi connectivity index (χ1n) is 9.65. The molecule has 9 heteroatoms. The third-order valence-electron chi connectivity index (χ3n) is 5.51. The van der Waals surface area contributed by atoms with E-state index in [1.54, 1.807) is 39.3 Å². The molecule has 0 aliphatic heterocycles. The zero-order chi connectivity index (χ0) is 21.9. The number of hydrogen-bond donors (Lipinski definition) is 1. The molecular weight excluding hydrogens is 416 g/mol. The summed E-state index contributed by atoms with van der Waals surface area (Å²) in [5.41, 5.74) is 5.70. The minimum atomic E-state index is -0.220. The van der Waals surface area contributed by atoms with Crippen LogP contribution in [0.25, 0.3) is 38.8 Å². The van der Waals surface area contributed by atoms with Gasteiger partial charge in [-0.15, -0.1) is 0 Å². The van der Waals surface area contributed by atoms with Crippen LogP contribution in [0.2, 0.25) is 5.02 Å². The summed E-state index contributed by atoms with van der Waals surface area (Å²) in [4.78, 5) is 22.0. The molecule has 0 aliphatic rings. The first kappa shape index (κ1) is 19.5. The van der Waals surface area contributed by atoms with Crippen LogP contribution in [0.1, 0.15) is 11.4 Å². The molecule has 156 valence electrons. The van der Waals surface area contributed by atoms with Crippen LogP contribution < -0.4 is 5.69 Å². The molecule has 0 bridgehead atoms. The summed E-state index contributed by atoms with van der Waals surface area (Å²) in [7, 11) is 3.57. The predicted octanol–water partition coefficient (Wildman–Crippen LogP) is 3.13. The van der Waals surface area contributed by atoms with Gasteiger partial charge in [0.2, 0.25) is 0 Å². The monoisotopic (exact) mass is 434 g/mol.